The minimum Gasteiger partial charge on any atom is -0.282 e. The van der Waals surface area contributed by atoms with Crippen LogP contribution in [-0.2, 0) is 26.5 Å². The second-order valence-corrected chi connectivity index (χ2v) is 7.82. The quantitative estimate of drug-likeness (QED) is 0.431. The first-order chi connectivity index (χ1) is 7.91. The molecule has 0 saturated heterocycles. The number of hydrogen-bond acceptors (Lipinski definition) is 6. The van der Waals surface area contributed by atoms with E-state index in [4.69, 9.17) is 4.55 Å². The van der Waals surface area contributed by atoms with Crippen LogP contribution in [0.2, 0.25) is 0 Å². The highest BCUT2D eigenvalue weighted by Gasteiger charge is 2.09. The Morgan fingerprint density at radius 3 is 1.50 bits per heavy atom. The molecule has 0 aliphatic rings. The molecule has 1 aromatic rings. The Morgan fingerprint density at radius 2 is 1.28 bits per heavy atom. The summed E-state index contributed by atoms with van der Waals surface area (Å²) >= 11 is -3.54. The van der Waals surface area contributed by atoms with Gasteiger partial charge in [-0.25, -0.2) is 16.4 Å². The Kier molecular flexibility index (Phi) is 6.24. The van der Waals surface area contributed by atoms with Gasteiger partial charge < -0.3 is 0 Å². The van der Waals surface area contributed by atoms with Crippen LogP contribution in [0.4, 0.5) is 0 Å². The number of nitrogens with two attached hydrogens (primary N) is 2. The number of hydrogen-bond donors (Lipinski definition) is 3. The van der Waals surface area contributed by atoms with Gasteiger partial charge in [0.05, 0.1) is 8.47 Å². The van der Waals surface area contributed by atoms with Crippen molar-refractivity contribution in [2.24, 2.45) is 10.3 Å². The van der Waals surface area contributed by atoms with Crippen molar-refractivity contribution in [1.82, 2.24) is 0 Å². The minimum absolute atomic E-state index is 0.0941. The van der Waals surface area contributed by atoms with Crippen LogP contribution in [0.1, 0.15) is 0 Å². The third-order valence-corrected chi connectivity index (χ3v) is 3.89. The SMILES string of the molecule is NS(N)(=O)=O.O=I(=O)c1ccc(S(=O)(=O)O)cc1. The highest BCUT2D eigenvalue weighted by Crippen LogP contribution is 2.18. The zero-order valence-electron chi connectivity index (χ0n) is 8.56. The van der Waals surface area contributed by atoms with Gasteiger partial charge in [-0.3, -0.25) is 4.55 Å². The van der Waals surface area contributed by atoms with Crippen molar-refractivity contribution in [1.29, 1.82) is 0 Å². The van der Waals surface area contributed by atoms with E-state index in [1.165, 1.54) is 0 Å². The average molecular weight is 412 g/mol. The van der Waals surface area contributed by atoms with Gasteiger partial charge in [-0.05, 0) is 24.3 Å². The molecule has 5 N–H and O–H groups in total. The van der Waals surface area contributed by atoms with E-state index >= 15 is 0 Å². The maximum Gasteiger partial charge on any atom is 0.340 e. The van der Waals surface area contributed by atoms with Gasteiger partial charge in [0.15, 0.2) is 0 Å². The van der Waals surface area contributed by atoms with Crippen LogP contribution in [-0.4, -0.2) is 21.4 Å². The molecule has 104 valence electrons. The van der Waals surface area contributed by atoms with Crippen LogP contribution >= 0.6 is 19.8 Å². The van der Waals surface area contributed by atoms with Gasteiger partial charge in [0.25, 0.3) is 20.3 Å². The van der Waals surface area contributed by atoms with Gasteiger partial charge in [-0.2, -0.15) is 16.8 Å². The molecule has 0 aromatic heterocycles. The summed E-state index contributed by atoms with van der Waals surface area (Å²) in [6.07, 6.45) is 0. The molecule has 0 heterocycles. The second-order valence-electron chi connectivity index (χ2n) is 2.74. The summed E-state index contributed by atoms with van der Waals surface area (Å²) in [7, 11) is -7.90. The minimum atomic E-state index is -4.23. The van der Waals surface area contributed by atoms with E-state index in [2.05, 4.69) is 10.3 Å². The second kappa shape index (κ2) is 6.48. The molecule has 0 atom stereocenters. The summed E-state index contributed by atoms with van der Waals surface area (Å²) < 4.78 is 69.0. The van der Waals surface area contributed by atoms with Crippen molar-refractivity contribution in [3.05, 3.63) is 27.8 Å². The molecule has 9 nitrogen and oxygen atoms in total. The first-order valence-corrected chi connectivity index (χ1v) is 9.73. The summed E-state index contributed by atoms with van der Waals surface area (Å²) in [5.41, 5.74) is 0. The lowest BCUT2D eigenvalue weighted by Crippen LogP contribution is -2.21. The third-order valence-electron chi connectivity index (χ3n) is 1.29. The molecule has 18 heavy (non-hydrogen) atoms. The van der Waals surface area contributed by atoms with E-state index < -0.39 is 40.1 Å². The molecule has 0 aliphatic heterocycles. The predicted octanol–water partition coefficient (Wildman–Crippen LogP) is -0.551. The molecular weight excluding hydrogens is 403 g/mol. The molecule has 0 bridgehead atoms. The van der Waals surface area contributed by atoms with E-state index in [-0.39, 0.29) is 8.47 Å². The highest BCUT2D eigenvalue weighted by molar-refractivity contribution is 14.2. The van der Waals surface area contributed by atoms with Crippen LogP contribution in [0.25, 0.3) is 0 Å². The number of benzene rings is 1. The lowest BCUT2D eigenvalue weighted by Gasteiger charge is -1.94. The summed E-state index contributed by atoms with van der Waals surface area (Å²) in [4.78, 5) is -0.311. The topological polar surface area (TPSA) is 175 Å². The Bertz CT molecular complexity index is 659. The fourth-order valence-electron chi connectivity index (χ4n) is 0.709. The fourth-order valence-corrected chi connectivity index (χ4v) is 2.14. The maximum absolute atomic E-state index is 10.5. The molecular formula is C6H9IN2O7S2. The standard InChI is InChI=1S/C6H5IO5S.H4N2O2S/c8-7(9)5-1-3-6(4-2-5)13(10,11)12;1-5(2,3)4/h1-4H,(H,10,11,12);(H4,1,2,3,4). The van der Waals surface area contributed by atoms with E-state index in [0.29, 0.717) is 0 Å². The van der Waals surface area contributed by atoms with E-state index in [1.54, 1.807) is 0 Å². The summed E-state index contributed by atoms with van der Waals surface area (Å²) in [5.74, 6) is 0. The zero-order chi connectivity index (χ0) is 14.6. The van der Waals surface area contributed by atoms with Gasteiger partial charge >= 0.3 is 19.8 Å². The summed E-state index contributed by atoms with van der Waals surface area (Å²) in [6, 6.07) is 4.39. The molecule has 12 heteroatoms. The Labute approximate surface area is 110 Å². The maximum atomic E-state index is 10.5. The molecule has 0 radical (unpaired) electrons. The zero-order valence-corrected chi connectivity index (χ0v) is 12.3. The van der Waals surface area contributed by atoms with Crippen molar-refractivity contribution in [2.75, 3.05) is 0 Å². The normalized spacial score (nSPS) is 11.8. The largest absolute Gasteiger partial charge is 0.340 e. The number of rotatable bonds is 2. The van der Waals surface area contributed by atoms with Gasteiger partial charge in [0.1, 0.15) is 0 Å². The predicted molar refractivity (Wildman–Crippen MR) is 67.6 cm³/mol. The highest BCUT2D eigenvalue weighted by atomic mass is 127. The lowest BCUT2D eigenvalue weighted by atomic mass is 10.4. The van der Waals surface area contributed by atoms with Gasteiger partial charge in [-0.1, -0.05) is 0 Å². The van der Waals surface area contributed by atoms with Crippen molar-refractivity contribution < 1.29 is 27.5 Å². The van der Waals surface area contributed by atoms with Crippen molar-refractivity contribution in [3.63, 3.8) is 0 Å². The van der Waals surface area contributed by atoms with Gasteiger partial charge in [0, 0.05) is 0 Å². The Hall–Kier alpha value is -0.670. The van der Waals surface area contributed by atoms with Crippen LogP contribution in [0.3, 0.4) is 0 Å². The van der Waals surface area contributed by atoms with Crippen LogP contribution in [0.15, 0.2) is 29.2 Å². The van der Waals surface area contributed by atoms with Gasteiger partial charge in [0.2, 0.25) is 0 Å². The van der Waals surface area contributed by atoms with E-state index in [0.717, 1.165) is 24.3 Å². The molecule has 0 amide bonds. The van der Waals surface area contributed by atoms with Crippen molar-refractivity contribution >= 4 is 40.1 Å². The molecule has 0 fully saturated rings. The molecule has 0 unspecified atom stereocenters. The molecule has 0 saturated carbocycles. The molecule has 1 rings (SSSR count). The Balaban J connectivity index is 0.000000494. The Morgan fingerprint density at radius 1 is 0.944 bits per heavy atom. The van der Waals surface area contributed by atoms with Crippen LogP contribution < -0.4 is 10.3 Å². The summed E-state index contributed by atoms with van der Waals surface area (Å²) in [5, 5.41) is 8.21. The molecule has 0 spiro atoms. The van der Waals surface area contributed by atoms with E-state index in [9.17, 15) is 23.0 Å². The van der Waals surface area contributed by atoms with Gasteiger partial charge in [-0.15, -0.1) is 0 Å². The average Bonchev–Trinajstić information content (AvgIpc) is 2.14. The van der Waals surface area contributed by atoms with E-state index in [1.807, 2.05) is 0 Å². The smallest absolute Gasteiger partial charge is 0.282 e. The molecule has 1 aromatic carbocycles. The summed E-state index contributed by atoms with van der Waals surface area (Å²) in [6.45, 7) is 0. The number of halogens is 1. The van der Waals surface area contributed by atoms with Crippen LogP contribution in [0, 0.1) is 3.57 Å². The lowest BCUT2D eigenvalue weighted by molar-refractivity contribution is 0.483. The third kappa shape index (κ3) is 8.43. The monoisotopic (exact) mass is 412 g/mol. The first kappa shape index (κ1) is 17.3. The molecule has 0 aliphatic carbocycles. The first-order valence-electron chi connectivity index (χ1n) is 3.84. The van der Waals surface area contributed by atoms with Crippen LogP contribution in [0.5, 0.6) is 0 Å². The van der Waals surface area contributed by atoms with Crippen molar-refractivity contribution in [3.8, 4) is 0 Å². The fraction of sp³-hybridized carbons (Fsp3) is 0. The van der Waals surface area contributed by atoms with Crippen molar-refractivity contribution in [2.45, 2.75) is 4.90 Å².